The highest BCUT2D eigenvalue weighted by Crippen LogP contribution is 1.94. The first-order valence-electron chi connectivity index (χ1n) is 3.99. The van der Waals surface area contributed by atoms with Crippen molar-refractivity contribution in [2.45, 2.75) is 19.9 Å². The third kappa shape index (κ3) is 4.42. The first-order chi connectivity index (χ1) is 5.99. The molecule has 0 saturated carbocycles. The van der Waals surface area contributed by atoms with E-state index >= 15 is 0 Å². The minimum atomic E-state index is -0.471. The van der Waals surface area contributed by atoms with E-state index in [1.165, 1.54) is 6.92 Å². The molecule has 1 N–H and O–H groups in total. The molecule has 4 heteroatoms. The van der Waals surface area contributed by atoms with Crippen LogP contribution in [0.5, 0.6) is 0 Å². The van der Waals surface area contributed by atoms with Crippen molar-refractivity contribution in [1.82, 2.24) is 5.32 Å². The summed E-state index contributed by atoms with van der Waals surface area (Å²) < 4.78 is 4.80. The van der Waals surface area contributed by atoms with Gasteiger partial charge in [-0.05, 0) is 20.9 Å². The summed E-state index contributed by atoms with van der Waals surface area (Å²) in [6.45, 7) is 6.48. The summed E-state index contributed by atoms with van der Waals surface area (Å²) >= 11 is 0. The fourth-order valence-corrected chi connectivity index (χ4v) is 0.686. The van der Waals surface area contributed by atoms with Crippen LogP contribution in [0.25, 0.3) is 0 Å². The van der Waals surface area contributed by atoms with Gasteiger partial charge in [0.2, 0.25) is 0 Å². The van der Waals surface area contributed by atoms with Gasteiger partial charge in [0.15, 0.2) is 0 Å². The van der Waals surface area contributed by atoms with E-state index < -0.39 is 12.0 Å². The second-order valence-corrected chi connectivity index (χ2v) is 2.83. The predicted octanol–water partition coefficient (Wildman–Crippen LogP) is 0.283. The third-order valence-electron chi connectivity index (χ3n) is 1.57. The van der Waals surface area contributed by atoms with E-state index in [9.17, 15) is 9.59 Å². The lowest BCUT2D eigenvalue weighted by Crippen LogP contribution is -2.37. The Morgan fingerprint density at radius 1 is 1.46 bits per heavy atom. The summed E-state index contributed by atoms with van der Waals surface area (Å²) in [4.78, 5) is 21.8. The lowest BCUT2D eigenvalue weighted by Gasteiger charge is -2.12. The molecule has 0 heterocycles. The maximum absolute atomic E-state index is 10.9. The topological polar surface area (TPSA) is 55.4 Å². The monoisotopic (exact) mass is 185 g/mol. The van der Waals surface area contributed by atoms with Gasteiger partial charge in [-0.2, -0.15) is 0 Å². The minimum absolute atomic E-state index is 0.0531. The van der Waals surface area contributed by atoms with Gasteiger partial charge >= 0.3 is 5.97 Å². The van der Waals surface area contributed by atoms with Gasteiger partial charge < -0.3 is 10.1 Å². The van der Waals surface area contributed by atoms with Crippen molar-refractivity contribution in [3.05, 3.63) is 12.2 Å². The molecule has 0 fully saturated rings. The second kappa shape index (κ2) is 5.48. The number of carbonyl (C=O) groups excluding carboxylic acids is 2. The van der Waals surface area contributed by atoms with E-state index in [2.05, 4.69) is 11.9 Å². The number of ether oxygens (including phenoxy) is 1. The van der Waals surface area contributed by atoms with Crippen LogP contribution in [0.4, 0.5) is 0 Å². The molecule has 0 bridgehead atoms. The smallest absolute Gasteiger partial charge is 0.333 e. The third-order valence-corrected chi connectivity index (χ3v) is 1.57. The van der Waals surface area contributed by atoms with Gasteiger partial charge in [-0.25, -0.2) is 4.79 Å². The Balaban J connectivity index is 3.92. The van der Waals surface area contributed by atoms with Crippen molar-refractivity contribution < 1.29 is 14.3 Å². The molecule has 4 nitrogen and oxygen atoms in total. The maximum atomic E-state index is 10.9. The summed E-state index contributed by atoms with van der Waals surface area (Å²) in [6, 6.07) is -0.428. The molecule has 0 aromatic heterocycles. The van der Waals surface area contributed by atoms with Gasteiger partial charge in [0, 0.05) is 5.57 Å². The van der Waals surface area contributed by atoms with Crippen LogP contribution in [0, 0.1) is 0 Å². The largest absolute Gasteiger partial charge is 0.460 e. The van der Waals surface area contributed by atoms with Gasteiger partial charge in [0.25, 0.3) is 0 Å². The zero-order chi connectivity index (χ0) is 10.4. The Hall–Kier alpha value is -1.16. The molecule has 0 aliphatic rings. The average Bonchev–Trinajstić information content (AvgIpc) is 2.04. The van der Waals surface area contributed by atoms with E-state index in [-0.39, 0.29) is 12.4 Å². The van der Waals surface area contributed by atoms with Crippen LogP contribution in [0.2, 0.25) is 0 Å². The summed E-state index contributed by atoms with van der Waals surface area (Å²) in [5.74, 6) is -0.529. The van der Waals surface area contributed by atoms with Crippen molar-refractivity contribution in [2.75, 3.05) is 13.7 Å². The molecular formula is C9H15NO3. The molecule has 0 aromatic rings. The normalized spacial score (nSPS) is 11.9. The molecular weight excluding hydrogens is 170 g/mol. The van der Waals surface area contributed by atoms with Crippen LogP contribution in [-0.2, 0) is 14.3 Å². The van der Waals surface area contributed by atoms with Crippen LogP contribution in [-0.4, -0.2) is 31.4 Å². The SMILES string of the molecule is C=C(C)C(=O)OCC(NC)C(C)=O. The fraction of sp³-hybridized carbons (Fsp3) is 0.556. The van der Waals surface area contributed by atoms with Crippen LogP contribution in [0.15, 0.2) is 12.2 Å². The van der Waals surface area contributed by atoms with E-state index in [1.54, 1.807) is 14.0 Å². The molecule has 1 unspecified atom stereocenters. The number of nitrogens with one attached hydrogen (secondary N) is 1. The summed E-state index contributed by atoms with van der Waals surface area (Å²) in [6.07, 6.45) is 0. The molecule has 0 aliphatic heterocycles. The van der Waals surface area contributed by atoms with Crippen molar-refractivity contribution in [3.63, 3.8) is 0 Å². The van der Waals surface area contributed by atoms with Crippen LogP contribution in [0.3, 0.4) is 0 Å². The highest BCUT2D eigenvalue weighted by atomic mass is 16.5. The number of hydrogen-bond donors (Lipinski definition) is 1. The highest BCUT2D eigenvalue weighted by molar-refractivity contribution is 5.87. The van der Waals surface area contributed by atoms with Crippen molar-refractivity contribution >= 4 is 11.8 Å². The standard InChI is InChI=1S/C9H15NO3/c1-6(2)9(12)13-5-8(10-4)7(3)11/h8,10H,1,5H2,2-4H3. The lowest BCUT2D eigenvalue weighted by molar-refractivity contribution is -0.140. The van der Waals surface area contributed by atoms with Crippen LogP contribution >= 0.6 is 0 Å². The zero-order valence-corrected chi connectivity index (χ0v) is 8.22. The molecule has 0 rings (SSSR count). The van der Waals surface area contributed by atoms with Crippen LogP contribution in [0.1, 0.15) is 13.8 Å². The Morgan fingerprint density at radius 3 is 2.31 bits per heavy atom. The Kier molecular flexibility index (Phi) is 4.99. The van der Waals surface area contributed by atoms with Gasteiger partial charge in [-0.15, -0.1) is 0 Å². The van der Waals surface area contributed by atoms with Gasteiger partial charge in [-0.3, -0.25) is 4.79 Å². The Bertz CT molecular complexity index is 223. The molecule has 0 aliphatic carbocycles. The lowest BCUT2D eigenvalue weighted by atomic mass is 10.2. The second-order valence-electron chi connectivity index (χ2n) is 2.83. The number of Topliss-reactive ketones (excluding diaryl/α,β-unsaturated/α-hetero) is 1. The zero-order valence-electron chi connectivity index (χ0n) is 8.22. The molecule has 1 atom stereocenters. The first-order valence-corrected chi connectivity index (χ1v) is 3.99. The number of esters is 1. The molecule has 0 radical (unpaired) electrons. The number of carbonyl (C=O) groups is 2. The van der Waals surface area contributed by atoms with E-state index in [0.29, 0.717) is 5.57 Å². The Morgan fingerprint density at radius 2 is 2.00 bits per heavy atom. The van der Waals surface area contributed by atoms with E-state index in [0.717, 1.165) is 0 Å². The number of likely N-dealkylation sites (N-methyl/N-ethyl adjacent to an activating group) is 1. The highest BCUT2D eigenvalue weighted by Gasteiger charge is 2.14. The minimum Gasteiger partial charge on any atom is -0.460 e. The van der Waals surface area contributed by atoms with Gasteiger partial charge in [0.1, 0.15) is 18.4 Å². The fourth-order valence-electron chi connectivity index (χ4n) is 0.686. The van der Waals surface area contributed by atoms with E-state index in [4.69, 9.17) is 4.74 Å². The average molecular weight is 185 g/mol. The molecule has 74 valence electrons. The number of rotatable bonds is 5. The van der Waals surface area contributed by atoms with Crippen molar-refractivity contribution in [3.8, 4) is 0 Å². The maximum Gasteiger partial charge on any atom is 0.333 e. The predicted molar refractivity (Wildman–Crippen MR) is 49.3 cm³/mol. The van der Waals surface area contributed by atoms with Crippen LogP contribution < -0.4 is 5.32 Å². The summed E-state index contributed by atoms with van der Waals surface area (Å²) in [5, 5.41) is 2.74. The molecule has 0 amide bonds. The van der Waals surface area contributed by atoms with Gasteiger partial charge in [-0.1, -0.05) is 6.58 Å². The van der Waals surface area contributed by atoms with Crippen molar-refractivity contribution in [2.24, 2.45) is 0 Å². The number of hydrogen-bond acceptors (Lipinski definition) is 4. The van der Waals surface area contributed by atoms with Gasteiger partial charge in [0.05, 0.1) is 0 Å². The summed E-state index contributed by atoms with van der Waals surface area (Å²) in [5.41, 5.74) is 0.332. The summed E-state index contributed by atoms with van der Waals surface area (Å²) in [7, 11) is 1.64. The Labute approximate surface area is 78.0 Å². The quantitative estimate of drug-likeness (QED) is 0.494. The van der Waals surface area contributed by atoms with Crippen molar-refractivity contribution in [1.29, 1.82) is 0 Å². The molecule has 13 heavy (non-hydrogen) atoms. The molecule has 0 spiro atoms. The molecule has 0 aromatic carbocycles. The number of ketones is 1. The molecule has 0 saturated heterocycles. The van der Waals surface area contributed by atoms with E-state index in [1.807, 2.05) is 0 Å². The first kappa shape index (κ1) is 11.8.